The van der Waals surface area contributed by atoms with E-state index in [9.17, 15) is 4.39 Å². The summed E-state index contributed by atoms with van der Waals surface area (Å²) in [4.78, 5) is 0. The van der Waals surface area contributed by atoms with Gasteiger partial charge in [0.2, 0.25) is 0 Å². The third kappa shape index (κ3) is 3.28. The first-order valence-electron chi connectivity index (χ1n) is 8.14. The van der Waals surface area contributed by atoms with Crippen molar-refractivity contribution in [3.63, 3.8) is 0 Å². The molecule has 0 fully saturated rings. The lowest BCUT2D eigenvalue weighted by molar-refractivity contribution is 0.627. The molecular weight excluding hydrogens is 335 g/mol. The lowest BCUT2D eigenvalue weighted by Crippen LogP contribution is -2.18. The van der Waals surface area contributed by atoms with Gasteiger partial charge in [-0.3, -0.25) is 5.01 Å². The Balaban J connectivity index is 1.73. The van der Waals surface area contributed by atoms with Crippen LogP contribution < -0.4 is 5.01 Å². The first-order valence-corrected chi connectivity index (χ1v) is 8.52. The van der Waals surface area contributed by atoms with Crippen LogP contribution in [0, 0.1) is 5.82 Å². The van der Waals surface area contributed by atoms with Gasteiger partial charge in [-0.1, -0.05) is 54.1 Å². The third-order valence-corrected chi connectivity index (χ3v) is 4.62. The van der Waals surface area contributed by atoms with E-state index in [1.54, 1.807) is 12.1 Å². The lowest BCUT2D eigenvalue weighted by Gasteiger charge is -2.24. The molecule has 4 rings (SSSR count). The second-order valence-electron chi connectivity index (χ2n) is 6.01. The molecule has 3 aromatic carbocycles. The predicted molar refractivity (Wildman–Crippen MR) is 101 cm³/mol. The van der Waals surface area contributed by atoms with Crippen LogP contribution in [0.15, 0.2) is 84.0 Å². The van der Waals surface area contributed by atoms with Gasteiger partial charge in [-0.05, 0) is 47.5 Å². The number of benzene rings is 3. The molecule has 25 heavy (non-hydrogen) atoms. The van der Waals surface area contributed by atoms with Crippen LogP contribution in [0.2, 0.25) is 5.02 Å². The molecule has 2 nitrogen and oxygen atoms in total. The van der Waals surface area contributed by atoms with E-state index in [4.69, 9.17) is 16.7 Å². The van der Waals surface area contributed by atoms with Gasteiger partial charge in [-0.25, -0.2) is 4.39 Å². The first-order chi connectivity index (χ1) is 12.2. The summed E-state index contributed by atoms with van der Waals surface area (Å²) in [7, 11) is 0. The zero-order valence-corrected chi connectivity index (χ0v) is 14.2. The number of rotatable bonds is 3. The summed E-state index contributed by atoms with van der Waals surface area (Å²) in [6.07, 6.45) is 0.752. The second-order valence-corrected chi connectivity index (χ2v) is 6.44. The largest absolute Gasteiger partial charge is 0.257 e. The van der Waals surface area contributed by atoms with E-state index in [-0.39, 0.29) is 11.9 Å². The van der Waals surface area contributed by atoms with Crippen molar-refractivity contribution in [2.75, 3.05) is 5.01 Å². The van der Waals surface area contributed by atoms with Crippen molar-refractivity contribution in [2.24, 2.45) is 5.10 Å². The Bertz CT molecular complexity index is 889. The summed E-state index contributed by atoms with van der Waals surface area (Å²) in [5, 5.41) is 7.58. The van der Waals surface area contributed by atoms with Crippen LogP contribution in [0.3, 0.4) is 0 Å². The Kier molecular flexibility index (Phi) is 4.24. The molecule has 4 heteroatoms. The molecule has 0 aliphatic carbocycles. The number of halogens is 2. The highest BCUT2D eigenvalue weighted by Gasteiger charge is 2.29. The van der Waals surface area contributed by atoms with Crippen molar-refractivity contribution >= 4 is 23.0 Å². The highest BCUT2D eigenvalue weighted by atomic mass is 35.5. The molecule has 0 saturated heterocycles. The molecule has 1 unspecified atom stereocenters. The average molecular weight is 351 g/mol. The highest BCUT2D eigenvalue weighted by molar-refractivity contribution is 6.30. The Morgan fingerprint density at radius 1 is 0.880 bits per heavy atom. The van der Waals surface area contributed by atoms with Crippen molar-refractivity contribution in [1.29, 1.82) is 0 Å². The Hall–Kier alpha value is -2.65. The van der Waals surface area contributed by atoms with E-state index >= 15 is 0 Å². The molecule has 0 bridgehead atoms. The monoisotopic (exact) mass is 350 g/mol. The van der Waals surface area contributed by atoms with Crippen LogP contribution in [0.5, 0.6) is 0 Å². The van der Waals surface area contributed by atoms with Gasteiger partial charge in [0, 0.05) is 11.4 Å². The molecule has 1 atom stereocenters. The van der Waals surface area contributed by atoms with E-state index in [2.05, 4.69) is 0 Å². The zero-order valence-electron chi connectivity index (χ0n) is 13.4. The summed E-state index contributed by atoms with van der Waals surface area (Å²) >= 11 is 6.03. The van der Waals surface area contributed by atoms with Crippen molar-refractivity contribution in [2.45, 2.75) is 12.5 Å². The molecule has 0 spiro atoms. The lowest BCUT2D eigenvalue weighted by atomic mass is 9.98. The van der Waals surface area contributed by atoms with Gasteiger partial charge in [0.15, 0.2) is 0 Å². The topological polar surface area (TPSA) is 15.6 Å². The van der Waals surface area contributed by atoms with Crippen molar-refractivity contribution in [3.05, 3.63) is 101 Å². The summed E-state index contributed by atoms with van der Waals surface area (Å²) in [5.74, 6) is -0.239. The van der Waals surface area contributed by atoms with Crippen molar-refractivity contribution in [1.82, 2.24) is 0 Å². The fourth-order valence-corrected chi connectivity index (χ4v) is 3.22. The minimum atomic E-state index is -0.239. The first kappa shape index (κ1) is 15.9. The second kappa shape index (κ2) is 6.69. The normalized spacial score (nSPS) is 16.8. The van der Waals surface area contributed by atoms with E-state index < -0.39 is 0 Å². The zero-order chi connectivity index (χ0) is 17.2. The number of para-hydroxylation sites is 1. The van der Waals surface area contributed by atoms with Crippen molar-refractivity contribution in [3.8, 4) is 0 Å². The van der Waals surface area contributed by atoms with E-state index in [1.807, 2.05) is 59.6 Å². The SMILES string of the molecule is Fc1ccc(C2=NN(c3ccccc3)C(c3ccc(Cl)cc3)C2)cc1. The van der Waals surface area contributed by atoms with Gasteiger partial charge in [0.1, 0.15) is 5.82 Å². The van der Waals surface area contributed by atoms with E-state index in [0.29, 0.717) is 5.02 Å². The molecular formula is C21H16ClFN2. The fourth-order valence-electron chi connectivity index (χ4n) is 3.09. The average Bonchev–Trinajstić information content (AvgIpc) is 3.09. The van der Waals surface area contributed by atoms with Crippen LogP contribution >= 0.6 is 11.6 Å². The Morgan fingerprint density at radius 2 is 1.56 bits per heavy atom. The van der Waals surface area contributed by atoms with Crippen LogP contribution in [-0.4, -0.2) is 5.71 Å². The quantitative estimate of drug-likeness (QED) is 0.579. The van der Waals surface area contributed by atoms with Crippen LogP contribution in [0.1, 0.15) is 23.6 Å². The standard InChI is InChI=1S/C21H16ClFN2/c22-17-10-6-16(7-11-17)21-14-20(15-8-12-18(23)13-9-15)24-25(21)19-4-2-1-3-5-19/h1-13,21H,14H2. The van der Waals surface area contributed by atoms with Gasteiger partial charge < -0.3 is 0 Å². The van der Waals surface area contributed by atoms with Gasteiger partial charge in [-0.2, -0.15) is 5.10 Å². The van der Waals surface area contributed by atoms with Crippen LogP contribution in [0.25, 0.3) is 0 Å². The predicted octanol–water partition coefficient (Wildman–Crippen LogP) is 5.83. The minimum absolute atomic E-state index is 0.0831. The molecule has 1 aliphatic heterocycles. The Morgan fingerprint density at radius 3 is 2.24 bits per heavy atom. The Labute approximate surface area is 151 Å². The van der Waals surface area contributed by atoms with Crippen LogP contribution in [-0.2, 0) is 0 Å². The number of hydrogen-bond donors (Lipinski definition) is 0. The van der Waals surface area contributed by atoms with E-state index in [1.165, 1.54) is 12.1 Å². The molecule has 0 saturated carbocycles. The number of hydrazone groups is 1. The maximum Gasteiger partial charge on any atom is 0.123 e. The summed E-state index contributed by atoms with van der Waals surface area (Å²) in [5.41, 5.74) is 4.07. The molecule has 124 valence electrons. The summed E-state index contributed by atoms with van der Waals surface area (Å²) in [6.45, 7) is 0. The van der Waals surface area contributed by atoms with E-state index in [0.717, 1.165) is 28.9 Å². The number of nitrogens with zero attached hydrogens (tertiary/aromatic N) is 2. The molecule has 0 aromatic heterocycles. The molecule has 0 amide bonds. The van der Waals surface area contributed by atoms with Gasteiger partial charge in [0.05, 0.1) is 17.4 Å². The minimum Gasteiger partial charge on any atom is -0.257 e. The number of anilines is 1. The maximum absolute atomic E-state index is 13.2. The highest BCUT2D eigenvalue weighted by Crippen LogP contribution is 2.36. The van der Waals surface area contributed by atoms with Gasteiger partial charge >= 0.3 is 0 Å². The fraction of sp³-hybridized carbons (Fsp3) is 0.0952. The molecule has 1 heterocycles. The van der Waals surface area contributed by atoms with Crippen LogP contribution in [0.4, 0.5) is 10.1 Å². The number of hydrogen-bond acceptors (Lipinski definition) is 2. The molecule has 3 aromatic rings. The molecule has 0 radical (unpaired) electrons. The van der Waals surface area contributed by atoms with Crippen molar-refractivity contribution < 1.29 is 4.39 Å². The smallest absolute Gasteiger partial charge is 0.123 e. The summed E-state index contributed by atoms with van der Waals surface area (Å²) in [6, 6.07) is 24.5. The summed E-state index contributed by atoms with van der Waals surface area (Å²) < 4.78 is 13.2. The molecule has 0 N–H and O–H groups in total. The molecule has 1 aliphatic rings. The van der Waals surface area contributed by atoms with Gasteiger partial charge in [-0.15, -0.1) is 0 Å². The van der Waals surface area contributed by atoms with Gasteiger partial charge in [0.25, 0.3) is 0 Å². The maximum atomic E-state index is 13.2. The third-order valence-electron chi connectivity index (χ3n) is 4.36.